The predicted molar refractivity (Wildman–Crippen MR) is 236 cm³/mol. The fourth-order valence-electron chi connectivity index (χ4n) is 9.94. The van der Waals surface area contributed by atoms with Gasteiger partial charge in [0.05, 0.1) is 41.8 Å². The number of benzene rings is 1. The highest BCUT2D eigenvalue weighted by Gasteiger charge is 2.54. The van der Waals surface area contributed by atoms with E-state index in [0.29, 0.717) is 37.9 Å². The maximum atomic E-state index is 14.8. The maximum absolute atomic E-state index is 14.8. The molecule has 6 rings (SSSR count). The Morgan fingerprint density at radius 1 is 0.906 bits per heavy atom. The number of fused-ring (bicyclic) bond motifs is 2. The van der Waals surface area contributed by atoms with Crippen LogP contribution in [0.3, 0.4) is 0 Å². The first-order valence-electron chi connectivity index (χ1n) is 22.8. The van der Waals surface area contributed by atoms with Gasteiger partial charge in [-0.2, -0.15) is 0 Å². The van der Waals surface area contributed by atoms with Crippen LogP contribution in [0.15, 0.2) is 55.0 Å². The number of carbonyl (C=O) groups is 5. The molecule has 2 aromatic heterocycles. The number of unbranched alkanes of at least 4 members (excludes halogenated alkanes) is 1. The molecule has 0 radical (unpaired) electrons. The van der Waals surface area contributed by atoms with Gasteiger partial charge in [-0.15, -0.1) is 0 Å². The predicted octanol–water partition coefficient (Wildman–Crippen LogP) is 6.28. The van der Waals surface area contributed by atoms with E-state index in [-0.39, 0.29) is 37.2 Å². The van der Waals surface area contributed by atoms with Gasteiger partial charge in [-0.3, -0.25) is 14.4 Å². The first-order valence-corrected chi connectivity index (χ1v) is 22.8. The zero-order valence-corrected chi connectivity index (χ0v) is 39.0. The van der Waals surface area contributed by atoms with Gasteiger partial charge in [-0.1, -0.05) is 52.8 Å². The number of aromatic nitrogens is 3. The fourth-order valence-corrected chi connectivity index (χ4v) is 9.94. The molecule has 0 bridgehead atoms. The number of imidazole rings is 1. The average Bonchev–Trinajstić information content (AvgIpc) is 3.85. The number of rotatable bonds is 13. The number of aryl methyl sites for hydroxylation is 1. The van der Waals surface area contributed by atoms with Crippen molar-refractivity contribution in [2.45, 2.75) is 148 Å². The topological polar surface area (TPSA) is 178 Å². The summed E-state index contributed by atoms with van der Waals surface area (Å²) < 4.78 is 40.1. The number of nitrogens with zero attached hydrogens (tertiary/aromatic N) is 5. The number of methoxy groups -OCH3 is 1. The van der Waals surface area contributed by atoms with Crippen LogP contribution in [0.2, 0.25) is 0 Å². The van der Waals surface area contributed by atoms with Crippen LogP contribution in [0.1, 0.15) is 97.3 Å². The molecule has 3 saturated heterocycles. The van der Waals surface area contributed by atoms with Gasteiger partial charge < -0.3 is 42.8 Å². The normalized spacial score (nSPS) is 33.1. The number of amides is 1. The Labute approximate surface area is 376 Å². The molecule has 0 aliphatic carbocycles. The lowest BCUT2D eigenvalue weighted by molar-refractivity contribution is -0.294. The third-order valence-electron chi connectivity index (χ3n) is 13.6. The van der Waals surface area contributed by atoms with E-state index in [9.17, 15) is 24.0 Å². The van der Waals surface area contributed by atoms with Crippen LogP contribution < -0.4 is 0 Å². The van der Waals surface area contributed by atoms with Crippen molar-refractivity contribution in [3.05, 3.63) is 60.6 Å². The number of pyridine rings is 1. The number of cyclic esters (lactones) is 1. The summed E-state index contributed by atoms with van der Waals surface area (Å²) in [5, 5.41) is 0. The highest BCUT2D eigenvalue weighted by Crippen LogP contribution is 2.40. The Morgan fingerprint density at radius 3 is 2.30 bits per heavy atom. The van der Waals surface area contributed by atoms with Crippen molar-refractivity contribution in [2.75, 3.05) is 27.7 Å². The number of hydrogen-bond acceptors (Lipinski definition) is 14. The second kappa shape index (κ2) is 21.0. The summed E-state index contributed by atoms with van der Waals surface area (Å²) in [4.78, 5) is 83.7. The number of likely N-dealkylation sites (N-methyl/N-ethyl adjacent to an activating group) is 1. The summed E-state index contributed by atoms with van der Waals surface area (Å²) >= 11 is 0. The van der Waals surface area contributed by atoms with Crippen LogP contribution in [0.25, 0.3) is 11.2 Å². The minimum absolute atomic E-state index is 0.0976. The summed E-state index contributed by atoms with van der Waals surface area (Å²) in [6, 6.07) is 11.3. The zero-order valence-electron chi connectivity index (χ0n) is 39.0. The Bertz CT molecular complexity index is 2100. The molecule has 64 heavy (non-hydrogen) atoms. The molecule has 0 N–H and O–H groups in total. The Kier molecular flexibility index (Phi) is 16.0. The SMILES string of the molecule is CCC1C(=O)OC(CC)C2OC(=O)N(CCCCn3cnc4cccnc43)[C@@H]2[C@@H](C)C(=O)[C@H](C)C[C@](C)(OC)[C@H](O[C@@H]2OC(C)CC(N(C)C)[C@H]2OC(=O)c2ccccc2)C(C)C1=O. The van der Waals surface area contributed by atoms with Crippen LogP contribution in [0, 0.1) is 23.7 Å². The molecular formula is C48H67N5O11. The van der Waals surface area contributed by atoms with Crippen LogP contribution in [-0.2, 0) is 49.3 Å². The minimum Gasteiger partial charge on any atom is -0.458 e. The van der Waals surface area contributed by atoms with E-state index in [1.54, 1.807) is 69.4 Å². The van der Waals surface area contributed by atoms with Gasteiger partial charge in [0, 0.05) is 44.1 Å². The number of ether oxygens (including phenoxy) is 6. The smallest absolute Gasteiger partial charge is 0.410 e. The first-order chi connectivity index (χ1) is 30.5. The van der Waals surface area contributed by atoms with Crippen molar-refractivity contribution in [3.63, 3.8) is 0 Å². The average molecular weight is 890 g/mol. The summed E-state index contributed by atoms with van der Waals surface area (Å²) in [6.45, 7) is 13.4. The van der Waals surface area contributed by atoms with E-state index < -0.39 is 89.8 Å². The van der Waals surface area contributed by atoms with Crippen molar-refractivity contribution < 1.29 is 52.4 Å². The van der Waals surface area contributed by atoms with E-state index in [0.717, 1.165) is 11.2 Å². The van der Waals surface area contributed by atoms with E-state index in [1.807, 2.05) is 62.5 Å². The number of hydrogen-bond donors (Lipinski definition) is 0. The van der Waals surface area contributed by atoms with Crippen LogP contribution >= 0.6 is 0 Å². The molecule has 350 valence electrons. The second-order valence-electron chi connectivity index (χ2n) is 18.2. The van der Waals surface area contributed by atoms with E-state index >= 15 is 0 Å². The quantitative estimate of drug-likeness (QED) is 0.0811. The monoisotopic (exact) mass is 889 g/mol. The largest absolute Gasteiger partial charge is 0.458 e. The number of Topliss-reactive ketones (excluding diaryl/α,β-unsaturated/α-hetero) is 2. The molecule has 13 atom stereocenters. The van der Waals surface area contributed by atoms with Crippen LogP contribution in [0.4, 0.5) is 4.79 Å². The molecule has 0 saturated carbocycles. The lowest BCUT2D eigenvalue weighted by Crippen LogP contribution is -2.60. The number of ketones is 2. The highest BCUT2D eigenvalue weighted by atomic mass is 16.7. The summed E-state index contributed by atoms with van der Waals surface area (Å²) in [5.74, 6) is -5.57. The Balaban J connectivity index is 1.32. The molecule has 16 heteroatoms. The van der Waals surface area contributed by atoms with Gasteiger partial charge in [0.2, 0.25) is 0 Å². The van der Waals surface area contributed by atoms with Gasteiger partial charge in [0.1, 0.15) is 23.3 Å². The molecule has 5 heterocycles. The lowest BCUT2D eigenvalue weighted by atomic mass is 9.75. The van der Waals surface area contributed by atoms with Gasteiger partial charge in [-0.25, -0.2) is 19.6 Å². The van der Waals surface area contributed by atoms with Crippen LogP contribution in [-0.4, -0.2) is 136 Å². The van der Waals surface area contributed by atoms with E-state index in [2.05, 4.69) is 9.97 Å². The Morgan fingerprint density at radius 2 is 1.62 bits per heavy atom. The zero-order chi connectivity index (χ0) is 46.5. The second-order valence-corrected chi connectivity index (χ2v) is 18.2. The number of esters is 2. The van der Waals surface area contributed by atoms with Gasteiger partial charge in [-0.05, 0) is 90.7 Å². The molecule has 0 spiro atoms. The molecule has 16 nitrogen and oxygen atoms in total. The third kappa shape index (κ3) is 10.3. The van der Waals surface area contributed by atoms with Gasteiger partial charge >= 0.3 is 18.0 Å². The standard InChI is InChI=1S/C48H67N5O11/c1-11-33-39(55)31(6)42(64-46-40(35(51(8)9)25-29(4)60-46)62-44(56)32-19-14-13-15-20-32)48(7,59-10)26-28(3)38(54)30(5)37-41(36(12-2)61-45(33)57)63-47(58)53(37)24-17-16-23-52-27-50-34-21-18-22-49-43(34)52/h13-15,18-22,27-31,33,35-37,40-42,46H,11-12,16-17,23-26H2,1-10H3/t28-,29?,30-,31?,33?,35?,36?,37-,40-,41?,42-,46+,48+/m1/s1. The van der Waals surface area contributed by atoms with Gasteiger partial charge in [0.25, 0.3) is 0 Å². The number of carbonyl (C=O) groups excluding carboxylic acids is 5. The lowest BCUT2D eigenvalue weighted by Gasteiger charge is -2.47. The maximum Gasteiger partial charge on any atom is 0.410 e. The van der Waals surface area contributed by atoms with Gasteiger partial charge in [0.15, 0.2) is 29.9 Å². The molecule has 3 aliphatic heterocycles. The van der Waals surface area contributed by atoms with Crippen molar-refractivity contribution in [3.8, 4) is 0 Å². The van der Waals surface area contributed by atoms with Crippen molar-refractivity contribution >= 4 is 40.8 Å². The van der Waals surface area contributed by atoms with E-state index in [4.69, 9.17) is 28.4 Å². The van der Waals surface area contributed by atoms with Crippen LogP contribution in [0.5, 0.6) is 0 Å². The van der Waals surface area contributed by atoms with Crippen molar-refractivity contribution in [1.29, 1.82) is 0 Å². The fraction of sp³-hybridized carbons (Fsp3) is 0.646. The molecule has 3 aromatic rings. The summed E-state index contributed by atoms with van der Waals surface area (Å²) in [7, 11) is 5.28. The molecular weight excluding hydrogens is 823 g/mol. The van der Waals surface area contributed by atoms with E-state index in [1.165, 1.54) is 7.11 Å². The molecule has 1 aromatic carbocycles. The molecule has 3 fully saturated rings. The molecule has 6 unspecified atom stereocenters. The summed E-state index contributed by atoms with van der Waals surface area (Å²) in [5.41, 5.74) is 0.588. The van der Waals surface area contributed by atoms with Crippen molar-refractivity contribution in [2.24, 2.45) is 23.7 Å². The Hall–Kier alpha value is -4.77. The third-order valence-corrected chi connectivity index (χ3v) is 13.6. The first kappa shape index (κ1) is 48.7. The minimum atomic E-state index is -1.33. The summed E-state index contributed by atoms with van der Waals surface area (Å²) in [6.07, 6.45) is -0.278. The molecule has 3 aliphatic rings. The molecule has 1 amide bonds. The highest BCUT2D eigenvalue weighted by molar-refractivity contribution is 6.00. The van der Waals surface area contributed by atoms with Crippen molar-refractivity contribution in [1.82, 2.24) is 24.3 Å².